The van der Waals surface area contributed by atoms with Gasteiger partial charge in [-0.05, 0) is 24.3 Å². The Balaban J connectivity index is 2.17. The molecular formula is C8H6O2S2. The summed E-state index contributed by atoms with van der Waals surface area (Å²) < 4.78 is 10.1. The molecule has 0 aromatic carbocycles. The van der Waals surface area contributed by atoms with Gasteiger partial charge in [-0.3, -0.25) is 0 Å². The van der Waals surface area contributed by atoms with Crippen molar-refractivity contribution in [1.82, 2.24) is 0 Å². The van der Waals surface area contributed by atoms with Crippen LogP contribution in [-0.4, -0.2) is 0 Å². The van der Waals surface area contributed by atoms with E-state index >= 15 is 0 Å². The van der Waals surface area contributed by atoms with Crippen molar-refractivity contribution < 1.29 is 8.37 Å². The second kappa shape index (κ2) is 3.78. The number of hydrogen-bond donors (Lipinski definition) is 0. The Morgan fingerprint density at radius 3 is 1.67 bits per heavy atom. The number of hydrogen-bond acceptors (Lipinski definition) is 4. The first-order valence-corrected chi connectivity index (χ1v) is 4.86. The van der Waals surface area contributed by atoms with Crippen molar-refractivity contribution in [3.05, 3.63) is 46.6 Å². The van der Waals surface area contributed by atoms with E-state index in [0.717, 1.165) is 9.81 Å². The number of allylic oxidation sites excluding steroid dienone is 4. The molecule has 0 spiro atoms. The highest BCUT2D eigenvalue weighted by Crippen LogP contribution is 2.36. The SMILES string of the molecule is C1=COSC(C2=CC=COS2)=C1. The lowest BCUT2D eigenvalue weighted by Gasteiger charge is -2.11. The van der Waals surface area contributed by atoms with E-state index in [1.807, 2.05) is 24.3 Å². The van der Waals surface area contributed by atoms with E-state index in [1.54, 1.807) is 12.5 Å². The first-order chi connectivity index (χ1) is 5.97. The summed E-state index contributed by atoms with van der Waals surface area (Å²) in [5.74, 6) is 0. The lowest BCUT2D eigenvalue weighted by molar-refractivity contribution is 0.563. The summed E-state index contributed by atoms with van der Waals surface area (Å²) >= 11 is 2.68. The molecule has 12 heavy (non-hydrogen) atoms. The molecule has 62 valence electrons. The molecule has 0 aromatic rings. The summed E-state index contributed by atoms with van der Waals surface area (Å²) in [6, 6.07) is 0. The van der Waals surface area contributed by atoms with Crippen LogP contribution in [0.2, 0.25) is 0 Å². The molecule has 2 aliphatic heterocycles. The summed E-state index contributed by atoms with van der Waals surface area (Å²) in [4.78, 5) is 2.15. The molecule has 0 saturated heterocycles. The Hall–Kier alpha value is -0.740. The van der Waals surface area contributed by atoms with Gasteiger partial charge in [-0.1, -0.05) is 0 Å². The molecule has 0 radical (unpaired) electrons. The molecule has 4 heteroatoms. The van der Waals surface area contributed by atoms with Crippen LogP contribution in [-0.2, 0) is 8.37 Å². The van der Waals surface area contributed by atoms with E-state index in [9.17, 15) is 0 Å². The van der Waals surface area contributed by atoms with Crippen molar-refractivity contribution in [3.8, 4) is 0 Å². The maximum absolute atomic E-state index is 5.07. The van der Waals surface area contributed by atoms with Crippen LogP contribution in [0.15, 0.2) is 46.6 Å². The van der Waals surface area contributed by atoms with Gasteiger partial charge in [-0.15, -0.1) is 0 Å². The van der Waals surface area contributed by atoms with Crippen molar-refractivity contribution in [2.75, 3.05) is 0 Å². The Labute approximate surface area is 79.4 Å². The second-order valence-electron chi connectivity index (χ2n) is 2.08. The average Bonchev–Trinajstić information content (AvgIpc) is 2.21. The Bertz CT molecular complexity index is 259. The Morgan fingerprint density at radius 1 is 0.833 bits per heavy atom. The van der Waals surface area contributed by atoms with Crippen LogP contribution in [0.25, 0.3) is 0 Å². The summed E-state index contributed by atoms with van der Waals surface area (Å²) in [6.45, 7) is 0. The molecule has 0 saturated carbocycles. The molecule has 0 atom stereocenters. The third kappa shape index (κ3) is 1.70. The zero-order valence-corrected chi connectivity index (χ0v) is 7.73. The first kappa shape index (κ1) is 7.89. The van der Waals surface area contributed by atoms with Crippen LogP contribution in [0.5, 0.6) is 0 Å². The van der Waals surface area contributed by atoms with Crippen LogP contribution < -0.4 is 0 Å². The Kier molecular flexibility index (Phi) is 2.48. The van der Waals surface area contributed by atoms with Gasteiger partial charge < -0.3 is 8.37 Å². The van der Waals surface area contributed by atoms with Gasteiger partial charge in [0.2, 0.25) is 0 Å². The lowest BCUT2D eigenvalue weighted by Crippen LogP contribution is -1.87. The Morgan fingerprint density at radius 2 is 1.33 bits per heavy atom. The molecule has 0 aliphatic carbocycles. The van der Waals surface area contributed by atoms with Crippen molar-refractivity contribution in [3.63, 3.8) is 0 Å². The minimum atomic E-state index is 1.08. The molecule has 0 aromatic heterocycles. The maximum atomic E-state index is 5.07. The highest BCUT2D eigenvalue weighted by Gasteiger charge is 2.11. The van der Waals surface area contributed by atoms with E-state index < -0.39 is 0 Å². The van der Waals surface area contributed by atoms with Crippen molar-refractivity contribution >= 4 is 24.1 Å². The van der Waals surface area contributed by atoms with E-state index in [-0.39, 0.29) is 0 Å². The predicted octanol–water partition coefficient (Wildman–Crippen LogP) is 3.14. The zero-order valence-electron chi connectivity index (χ0n) is 6.10. The number of rotatable bonds is 1. The van der Waals surface area contributed by atoms with Gasteiger partial charge in [0.15, 0.2) is 0 Å². The van der Waals surface area contributed by atoms with Crippen LogP contribution in [0.3, 0.4) is 0 Å². The second-order valence-corrected chi connectivity index (χ2v) is 3.68. The van der Waals surface area contributed by atoms with Crippen LogP contribution >= 0.6 is 24.1 Å². The molecular weight excluding hydrogens is 192 g/mol. The summed E-state index contributed by atoms with van der Waals surface area (Å²) in [7, 11) is 0. The highest BCUT2D eigenvalue weighted by molar-refractivity contribution is 8.04. The summed E-state index contributed by atoms with van der Waals surface area (Å²) in [5.41, 5.74) is 0. The molecule has 2 heterocycles. The van der Waals surface area contributed by atoms with Gasteiger partial charge in [0, 0.05) is 0 Å². The molecule has 0 amide bonds. The van der Waals surface area contributed by atoms with Gasteiger partial charge in [0.05, 0.1) is 33.9 Å². The van der Waals surface area contributed by atoms with Crippen LogP contribution in [0.4, 0.5) is 0 Å². The van der Waals surface area contributed by atoms with Gasteiger partial charge >= 0.3 is 0 Å². The monoisotopic (exact) mass is 198 g/mol. The average molecular weight is 198 g/mol. The third-order valence-electron chi connectivity index (χ3n) is 1.28. The summed E-state index contributed by atoms with van der Waals surface area (Å²) in [6.07, 6.45) is 11.0. The first-order valence-electron chi connectivity index (χ1n) is 3.37. The van der Waals surface area contributed by atoms with E-state index in [0.29, 0.717) is 0 Å². The van der Waals surface area contributed by atoms with Crippen molar-refractivity contribution in [2.24, 2.45) is 0 Å². The van der Waals surface area contributed by atoms with E-state index in [1.165, 1.54) is 24.1 Å². The van der Waals surface area contributed by atoms with Gasteiger partial charge in [0.25, 0.3) is 0 Å². The molecule has 0 bridgehead atoms. The summed E-state index contributed by atoms with van der Waals surface area (Å²) in [5, 5.41) is 0. The fraction of sp³-hybridized carbons (Fsp3) is 0. The topological polar surface area (TPSA) is 18.5 Å². The largest absolute Gasteiger partial charge is 0.428 e. The van der Waals surface area contributed by atoms with E-state index in [4.69, 9.17) is 8.37 Å². The van der Waals surface area contributed by atoms with E-state index in [2.05, 4.69) is 0 Å². The molecule has 0 unspecified atom stereocenters. The van der Waals surface area contributed by atoms with Crippen molar-refractivity contribution in [2.45, 2.75) is 0 Å². The maximum Gasteiger partial charge on any atom is 0.102 e. The quantitative estimate of drug-likeness (QED) is 0.602. The fourth-order valence-corrected chi connectivity index (χ4v) is 2.00. The van der Waals surface area contributed by atoms with Gasteiger partial charge in [0.1, 0.15) is 12.5 Å². The standard InChI is InChI=1S/C8H6O2S2/c1-3-7(11-9-5-1)8-4-2-6-10-12-8/h1-6H. The zero-order chi connectivity index (χ0) is 8.23. The molecule has 0 fully saturated rings. The molecule has 2 nitrogen and oxygen atoms in total. The predicted molar refractivity (Wildman–Crippen MR) is 51.8 cm³/mol. The van der Waals surface area contributed by atoms with Gasteiger partial charge in [-0.25, -0.2) is 0 Å². The molecule has 2 aliphatic rings. The van der Waals surface area contributed by atoms with Crippen LogP contribution in [0.1, 0.15) is 0 Å². The minimum Gasteiger partial charge on any atom is -0.428 e. The molecule has 2 rings (SSSR count). The van der Waals surface area contributed by atoms with Crippen LogP contribution in [0, 0.1) is 0 Å². The minimum absolute atomic E-state index is 1.08. The lowest BCUT2D eigenvalue weighted by atomic mass is 10.4. The van der Waals surface area contributed by atoms with Crippen molar-refractivity contribution in [1.29, 1.82) is 0 Å². The smallest absolute Gasteiger partial charge is 0.102 e. The molecule has 0 N–H and O–H groups in total. The fourth-order valence-electron chi connectivity index (χ4n) is 0.779. The van der Waals surface area contributed by atoms with Gasteiger partial charge in [-0.2, -0.15) is 0 Å². The third-order valence-corrected chi connectivity index (χ3v) is 2.90. The normalized spacial score (nSPS) is 20.7. The highest BCUT2D eigenvalue weighted by atomic mass is 32.2.